The highest BCUT2D eigenvalue weighted by Gasteiger charge is 2.24. The Labute approximate surface area is 102 Å². The highest BCUT2D eigenvalue weighted by Crippen LogP contribution is 2.13. The van der Waals surface area contributed by atoms with Gasteiger partial charge >= 0.3 is 0 Å². The molecule has 0 aromatic rings. The van der Waals surface area contributed by atoms with Crippen molar-refractivity contribution in [3.8, 4) is 0 Å². The summed E-state index contributed by atoms with van der Waals surface area (Å²) in [4.78, 5) is 2.37. The number of hydrogen-bond donors (Lipinski definition) is 1. The third-order valence-corrected chi connectivity index (χ3v) is 3.93. The number of nitrogens with zero attached hydrogens (tertiary/aromatic N) is 1. The van der Waals surface area contributed by atoms with Crippen molar-refractivity contribution in [2.75, 3.05) is 24.6 Å². The lowest BCUT2D eigenvalue weighted by Crippen LogP contribution is -2.48. The summed E-state index contributed by atoms with van der Waals surface area (Å²) in [6.45, 7) is 8.11. The van der Waals surface area contributed by atoms with Crippen LogP contribution in [0.2, 0.25) is 0 Å². The molecule has 0 aromatic carbocycles. The second-order valence-electron chi connectivity index (χ2n) is 4.94. The molecule has 3 nitrogen and oxygen atoms in total. The topological polar surface area (TPSA) is 46.3 Å². The van der Waals surface area contributed by atoms with Crippen molar-refractivity contribution in [1.29, 1.82) is 0 Å². The molecule has 2 atom stereocenters. The molecule has 0 saturated carbocycles. The van der Waals surface area contributed by atoms with Crippen LogP contribution in [-0.4, -0.2) is 45.3 Å². The normalized spacial score (nSPS) is 29.3. The first kappa shape index (κ1) is 15.4. The highest BCUT2D eigenvalue weighted by molar-refractivity contribution is 7.85. The van der Waals surface area contributed by atoms with E-state index in [1.807, 2.05) is 13.8 Å². The fourth-order valence-electron chi connectivity index (χ4n) is 1.78. The Morgan fingerprint density at radius 3 is 2.60 bits per heavy atom. The van der Waals surface area contributed by atoms with Gasteiger partial charge in [0.1, 0.15) is 0 Å². The Bertz CT molecular complexity index is 218. The third-order valence-electron chi connectivity index (χ3n) is 2.60. The number of halogens is 1. The lowest BCUT2D eigenvalue weighted by Gasteiger charge is -2.32. The molecule has 0 aromatic heterocycles. The van der Waals surface area contributed by atoms with Crippen LogP contribution in [0.25, 0.3) is 0 Å². The molecule has 2 N–H and O–H groups in total. The minimum absolute atomic E-state index is 0. The maximum Gasteiger partial charge on any atom is 0.0362 e. The Hall–Kier alpha value is 0.360. The Balaban J connectivity index is 0.00000196. The van der Waals surface area contributed by atoms with Gasteiger partial charge in [-0.05, 0) is 27.2 Å². The van der Waals surface area contributed by atoms with Gasteiger partial charge < -0.3 is 5.73 Å². The van der Waals surface area contributed by atoms with Gasteiger partial charge in [-0.1, -0.05) is 0 Å². The first-order valence-corrected chi connectivity index (χ1v) is 6.75. The predicted molar refractivity (Wildman–Crippen MR) is 69.0 cm³/mol. The highest BCUT2D eigenvalue weighted by atomic mass is 35.5. The predicted octanol–water partition coefficient (Wildman–Crippen LogP) is 0.988. The van der Waals surface area contributed by atoms with Crippen molar-refractivity contribution in [3.63, 3.8) is 0 Å². The molecule has 1 aliphatic heterocycles. The minimum atomic E-state index is -0.610. The molecule has 0 amide bonds. The molecule has 1 aliphatic rings. The van der Waals surface area contributed by atoms with Crippen LogP contribution < -0.4 is 5.73 Å². The van der Waals surface area contributed by atoms with Crippen molar-refractivity contribution in [1.82, 2.24) is 4.90 Å². The van der Waals surface area contributed by atoms with E-state index in [2.05, 4.69) is 11.8 Å². The van der Waals surface area contributed by atoms with Crippen molar-refractivity contribution < 1.29 is 4.21 Å². The van der Waals surface area contributed by atoms with Gasteiger partial charge in [-0.15, -0.1) is 12.4 Å². The van der Waals surface area contributed by atoms with Gasteiger partial charge in [-0.25, -0.2) is 0 Å². The van der Waals surface area contributed by atoms with E-state index in [-0.39, 0.29) is 17.9 Å². The zero-order valence-electron chi connectivity index (χ0n) is 9.86. The third kappa shape index (κ3) is 5.85. The molecule has 5 heteroatoms. The largest absolute Gasteiger partial charge is 0.324 e. The smallest absolute Gasteiger partial charge is 0.0362 e. The average molecular weight is 255 g/mol. The van der Waals surface area contributed by atoms with Crippen molar-refractivity contribution in [2.24, 2.45) is 5.73 Å². The minimum Gasteiger partial charge on any atom is -0.324 e. The molecule has 92 valence electrons. The summed E-state index contributed by atoms with van der Waals surface area (Å²) in [6, 6.07) is 0.518. The van der Waals surface area contributed by atoms with Crippen LogP contribution in [0.1, 0.15) is 27.2 Å². The monoisotopic (exact) mass is 254 g/mol. The van der Waals surface area contributed by atoms with Crippen LogP contribution in [0.4, 0.5) is 0 Å². The standard InChI is InChI=1S/C10H22N2OS.ClH/c1-9-4-6-14(13)7-5-12(9)8-10(2,3)11;/h9H,4-8,11H2,1-3H3;1H. The van der Waals surface area contributed by atoms with Gasteiger partial charge in [0.15, 0.2) is 0 Å². The Kier molecular flexibility index (Phi) is 6.33. The number of rotatable bonds is 2. The van der Waals surface area contributed by atoms with Gasteiger partial charge in [0, 0.05) is 47.0 Å². The van der Waals surface area contributed by atoms with Crippen molar-refractivity contribution in [3.05, 3.63) is 0 Å². The Morgan fingerprint density at radius 2 is 2.07 bits per heavy atom. The Morgan fingerprint density at radius 1 is 1.47 bits per heavy atom. The summed E-state index contributed by atoms with van der Waals surface area (Å²) in [7, 11) is -0.610. The molecule has 1 heterocycles. The van der Waals surface area contributed by atoms with Crippen LogP contribution in [0.5, 0.6) is 0 Å². The molecule has 0 spiro atoms. The molecule has 15 heavy (non-hydrogen) atoms. The van der Waals surface area contributed by atoms with Gasteiger partial charge in [0.05, 0.1) is 0 Å². The lowest BCUT2D eigenvalue weighted by molar-refractivity contribution is 0.183. The van der Waals surface area contributed by atoms with E-state index in [9.17, 15) is 4.21 Å². The summed E-state index contributed by atoms with van der Waals surface area (Å²) in [5.74, 6) is 1.66. The van der Waals surface area contributed by atoms with E-state index in [0.29, 0.717) is 6.04 Å². The summed E-state index contributed by atoms with van der Waals surface area (Å²) >= 11 is 0. The van der Waals surface area contributed by atoms with E-state index in [4.69, 9.17) is 5.73 Å². The van der Waals surface area contributed by atoms with Gasteiger partial charge in [-0.2, -0.15) is 0 Å². The average Bonchev–Trinajstić information content (AvgIpc) is 2.17. The molecule has 1 saturated heterocycles. The van der Waals surface area contributed by atoms with E-state index in [0.717, 1.165) is 31.0 Å². The van der Waals surface area contributed by atoms with Crippen LogP contribution in [0.15, 0.2) is 0 Å². The molecular weight excluding hydrogens is 232 g/mol. The lowest BCUT2D eigenvalue weighted by atomic mass is 10.1. The molecule has 0 bridgehead atoms. The first-order chi connectivity index (χ1) is 6.38. The summed E-state index contributed by atoms with van der Waals surface area (Å²) < 4.78 is 11.4. The van der Waals surface area contributed by atoms with Gasteiger partial charge in [0.25, 0.3) is 0 Å². The molecule has 1 fully saturated rings. The van der Waals surface area contributed by atoms with E-state index >= 15 is 0 Å². The number of nitrogens with two attached hydrogens (primary N) is 1. The van der Waals surface area contributed by atoms with Crippen LogP contribution in [0, 0.1) is 0 Å². The van der Waals surface area contributed by atoms with E-state index in [1.165, 1.54) is 0 Å². The SMILES string of the molecule is CC1CCS(=O)CCN1CC(C)(C)N.Cl. The van der Waals surface area contributed by atoms with Gasteiger partial charge in [-0.3, -0.25) is 9.11 Å². The van der Waals surface area contributed by atoms with Gasteiger partial charge in [0.2, 0.25) is 0 Å². The molecule has 0 radical (unpaired) electrons. The maximum atomic E-state index is 11.4. The zero-order chi connectivity index (χ0) is 10.8. The second-order valence-corrected chi connectivity index (χ2v) is 6.64. The fourth-order valence-corrected chi connectivity index (χ4v) is 3.03. The summed E-state index contributed by atoms with van der Waals surface area (Å²) in [5, 5.41) is 0. The zero-order valence-corrected chi connectivity index (χ0v) is 11.5. The van der Waals surface area contributed by atoms with Crippen molar-refractivity contribution >= 4 is 23.2 Å². The molecule has 1 rings (SSSR count). The summed E-state index contributed by atoms with van der Waals surface area (Å²) in [5.41, 5.74) is 5.84. The van der Waals surface area contributed by atoms with Crippen LogP contribution in [-0.2, 0) is 10.8 Å². The summed E-state index contributed by atoms with van der Waals surface area (Å²) in [6.07, 6.45) is 1.03. The fraction of sp³-hybridized carbons (Fsp3) is 1.00. The second kappa shape index (κ2) is 6.18. The molecule has 0 aliphatic carbocycles. The van der Waals surface area contributed by atoms with E-state index < -0.39 is 10.8 Å². The van der Waals surface area contributed by atoms with Crippen LogP contribution in [0.3, 0.4) is 0 Å². The first-order valence-electron chi connectivity index (χ1n) is 5.26. The molecule has 2 unspecified atom stereocenters. The quantitative estimate of drug-likeness (QED) is 0.800. The van der Waals surface area contributed by atoms with Crippen molar-refractivity contribution in [2.45, 2.75) is 38.8 Å². The molecular formula is C10H23ClN2OS. The van der Waals surface area contributed by atoms with E-state index in [1.54, 1.807) is 0 Å². The maximum absolute atomic E-state index is 11.4. The number of hydrogen-bond acceptors (Lipinski definition) is 3. The van der Waals surface area contributed by atoms with Crippen LogP contribution >= 0.6 is 12.4 Å².